The van der Waals surface area contributed by atoms with Gasteiger partial charge in [-0.1, -0.05) is 0 Å². The summed E-state index contributed by atoms with van der Waals surface area (Å²) in [6.07, 6.45) is 2.51. The average Bonchev–Trinajstić information content (AvgIpc) is 2.58. The first-order chi connectivity index (χ1) is 13.8. The average molecular weight is 429 g/mol. The number of amides is 3. The fourth-order valence-electron chi connectivity index (χ4n) is 3.07. The topological polar surface area (TPSA) is 123 Å². The summed E-state index contributed by atoms with van der Waals surface area (Å²) in [7, 11) is 0. The molecule has 30 heavy (non-hydrogen) atoms. The molecule has 1 heterocycles. The molecule has 1 aliphatic rings. The second-order valence-corrected chi connectivity index (χ2v) is 9.78. The van der Waals surface area contributed by atoms with Crippen molar-refractivity contribution in [2.45, 2.75) is 96.9 Å². The summed E-state index contributed by atoms with van der Waals surface area (Å²) in [5, 5.41) is 5.56. The Morgan fingerprint density at radius 1 is 0.967 bits per heavy atom. The van der Waals surface area contributed by atoms with Gasteiger partial charge in [0.1, 0.15) is 11.2 Å². The molecule has 0 aromatic rings. The molecule has 4 N–H and O–H groups in total. The van der Waals surface area contributed by atoms with E-state index in [0.29, 0.717) is 38.9 Å². The molecule has 0 saturated carbocycles. The molecule has 0 aromatic heterocycles. The Balaban J connectivity index is 2.22. The maximum absolute atomic E-state index is 12.5. The van der Waals surface area contributed by atoms with Crippen LogP contribution in [0.2, 0.25) is 0 Å². The van der Waals surface area contributed by atoms with Gasteiger partial charge in [0.15, 0.2) is 0 Å². The SMILES string of the molecule is CC(C)(C)OC(=O)NCCCC[C@@H](N)C(=O)N1CCC(NC(=O)OC(C)(C)C)CC1. The Morgan fingerprint density at radius 3 is 2.03 bits per heavy atom. The van der Waals surface area contributed by atoms with E-state index in [-0.39, 0.29) is 11.9 Å². The first-order valence-electron chi connectivity index (χ1n) is 10.8. The normalized spacial score (nSPS) is 16.6. The van der Waals surface area contributed by atoms with Crippen LogP contribution in [0.15, 0.2) is 0 Å². The van der Waals surface area contributed by atoms with Crippen molar-refractivity contribution in [2.24, 2.45) is 5.73 Å². The minimum Gasteiger partial charge on any atom is -0.444 e. The van der Waals surface area contributed by atoms with Crippen LogP contribution in [-0.4, -0.2) is 65.9 Å². The molecule has 0 unspecified atom stereocenters. The summed E-state index contributed by atoms with van der Waals surface area (Å²) in [5.74, 6) is -0.0641. The molecule has 1 aliphatic heterocycles. The smallest absolute Gasteiger partial charge is 0.407 e. The second kappa shape index (κ2) is 11.4. The Hall–Kier alpha value is -2.03. The molecule has 0 bridgehead atoms. The highest BCUT2D eigenvalue weighted by Gasteiger charge is 2.28. The third kappa shape index (κ3) is 11.2. The molecular weight excluding hydrogens is 388 g/mol. The molecule has 0 aliphatic carbocycles. The van der Waals surface area contributed by atoms with Gasteiger partial charge in [0.25, 0.3) is 0 Å². The highest BCUT2D eigenvalue weighted by molar-refractivity contribution is 5.81. The zero-order valence-electron chi connectivity index (χ0n) is 19.4. The maximum atomic E-state index is 12.5. The lowest BCUT2D eigenvalue weighted by atomic mass is 10.0. The largest absolute Gasteiger partial charge is 0.444 e. The Bertz CT molecular complexity index is 575. The minimum absolute atomic E-state index is 0.000877. The fourth-order valence-corrected chi connectivity index (χ4v) is 3.07. The van der Waals surface area contributed by atoms with Crippen molar-refractivity contribution in [3.8, 4) is 0 Å². The van der Waals surface area contributed by atoms with E-state index >= 15 is 0 Å². The molecule has 0 radical (unpaired) electrons. The third-order valence-corrected chi connectivity index (χ3v) is 4.45. The molecule has 1 atom stereocenters. The van der Waals surface area contributed by atoms with E-state index in [0.717, 1.165) is 12.8 Å². The van der Waals surface area contributed by atoms with Crippen molar-refractivity contribution in [1.82, 2.24) is 15.5 Å². The lowest BCUT2D eigenvalue weighted by Gasteiger charge is -2.34. The van der Waals surface area contributed by atoms with Crippen molar-refractivity contribution in [3.63, 3.8) is 0 Å². The maximum Gasteiger partial charge on any atom is 0.407 e. The monoisotopic (exact) mass is 428 g/mol. The standard InChI is InChI=1S/C21H40N4O5/c1-20(2,3)29-18(27)23-12-8-7-9-16(22)17(26)25-13-10-15(11-14-25)24-19(28)30-21(4,5)6/h15-16H,7-14,22H2,1-6H3,(H,23,27)(H,24,28)/t16-/m1/s1. The number of nitrogens with zero attached hydrogens (tertiary/aromatic N) is 1. The van der Waals surface area contributed by atoms with E-state index in [4.69, 9.17) is 15.2 Å². The first kappa shape index (κ1) is 26.0. The van der Waals surface area contributed by atoms with Crippen molar-refractivity contribution in [1.29, 1.82) is 0 Å². The van der Waals surface area contributed by atoms with Crippen LogP contribution in [0, 0.1) is 0 Å². The number of hydrogen-bond acceptors (Lipinski definition) is 6. The van der Waals surface area contributed by atoms with E-state index in [9.17, 15) is 14.4 Å². The molecule has 1 saturated heterocycles. The van der Waals surface area contributed by atoms with Gasteiger partial charge in [0, 0.05) is 25.7 Å². The number of nitrogens with two attached hydrogens (primary N) is 1. The summed E-state index contributed by atoms with van der Waals surface area (Å²) >= 11 is 0. The predicted octanol–water partition coefficient (Wildman–Crippen LogP) is 2.52. The molecule has 1 rings (SSSR count). The number of likely N-dealkylation sites (tertiary alicyclic amines) is 1. The summed E-state index contributed by atoms with van der Waals surface area (Å²) in [5.41, 5.74) is 5.01. The van der Waals surface area contributed by atoms with Crippen LogP contribution in [0.25, 0.3) is 0 Å². The highest BCUT2D eigenvalue weighted by Crippen LogP contribution is 2.14. The molecule has 0 spiro atoms. The number of unbranched alkanes of at least 4 members (excludes halogenated alkanes) is 1. The van der Waals surface area contributed by atoms with Gasteiger partial charge in [0.2, 0.25) is 5.91 Å². The van der Waals surface area contributed by atoms with Crippen LogP contribution < -0.4 is 16.4 Å². The Kier molecular flexibility index (Phi) is 9.87. The van der Waals surface area contributed by atoms with Gasteiger partial charge in [-0.2, -0.15) is 0 Å². The van der Waals surface area contributed by atoms with E-state index in [1.54, 1.807) is 4.90 Å². The van der Waals surface area contributed by atoms with Crippen LogP contribution in [-0.2, 0) is 14.3 Å². The van der Waals surface area contributed by atoms with E-state index < -0.39 is 29.4 Å². The zero-order valence-corrected chi connectivity index (χ0v) is 19.4. The van der Waals surface area contributed by atoms with Gasteiger partial charge in [-0.15, -0.1) is 0 Å². The van der Waals surface area contributed by atoms with Crippen molar-refractivity contribution in [2.75, 3.05) is 19.6 Å². The third-order valence-electron chi connectivity index (χ3n) is 4.45. The summed E-state index contributed by atoms with van der Waals surface area (Å²) in [6.45, 7) is 12.5. The first-order valence-corrected chi connectivity index (χ1v) is 10.8. The highest BCUT2D eigenvalue weighted by atomic mass is 16.6. The number of rotatable bonds is 7. The van der Waals surface area contributed by atoms with Crippen molar-refractivity contribution >= 4 is 18.1 Å². The number of carbonyl (C=O) groups is 3. The summed E-state index contributed by atoms with van der Waals surface area (Å²) in [6, 6.07) is -0.555. The molecule has 174 valence electrons. The number of alkyl carbamates (subject to hydrolysis) is 2. The summed E-state index contributed by atoms with van der Waals surface area (Å²) < 4.78 is 10.4. The van der Waals surface area contributed by atoms with Crippen molar-refractivity contribution in [3.05, 3.63) is 0 Å². The van der Waals surface area contributed by atoms with Gasteiger partial charge >= 0.3 is 12.2 Å². The second-order valence-electron chi connectivity index (χ2n) is 9.78. The Morgan fingerprint density at radius 2 is 1.50 bits per heavy atom. The molecular formula is C21H40N4O5. The van der Waals surface area contributed by atoms with E-state index in [1.165, 1.54) is 0 Å². The van der Waals surface area contributed by atoms with Crippen LogP contribution in [0.3, 0.4) is 0 Å². The number of nitrogens with one attached hydrogen (secondary N) is 2. The van der Waals surface area contributed by atoms with Gasteiger partial charge in [-0.05, 0) is 73.6 Å². The minimum atomic E-state index is -0.554. The number of ether oxygens (including phenoxy) is 2. The van der Waals surface area contributed by atoms with Gasteiger partial charge < -0.3 is 30.7 Å². The van der Waals surface area contributed by atoms with Crippen LogP contribution in [0.1, 0.15) is 73.6 Å². The van der Waals surface area contributed by atoms with Crippen LogP contribution in [0.4, 0.5) is 9.59 Å². The Labute approximate surface area is 180 Å². The quantitative estimate of drug-likeness (QED) is 0.536. The van der Waals surface area contributed by atoms with E-state index in [1.807, 2.05) is 41.5 Å². The molecule has 9 nitrogen and oxygen atoms in total. The van der Waals surface area contributed by atoms with Crippen molar-refractivity contribution < 1.29 is 23.9 Å². The zero-order chi connectivity index (χ0) is 22.9. The fraction of sp³-hybridized carbons (Fsp3) is 0.857. The number of carbonyl (C=O) groups excluding carboxylic acids is 3. The molecule has 9 heteroatoms. The molecule has 3 amide bonds. The van der Waals surface area contributed by atoms with Crippen LogP contribution >= 0.6 is 0 Å². The molecule has 0 aromatic carbocycles. The van der Waals surface area contributed by atoms with E-state index in [2.05, 4.69) is 10.6 Å². The number of hydrogen-bond donors (Lipinski definition) is 3. The molecule has 1 fully saturated rings. The number of piperidine rings is 1. The van der Waals surface area contributed by atoms with Crippen LogP contribution in [0.5, 0.6) is 0 Å². The lowest BCUT2D eigenvalue weighted by Crippen LogP contribution is -2.51. The van der Waals surface area contributed by atoms with Gasteiger partial charge in [-0.3, -0.25) is 4.79 Å². The summed E-state index contributed by atoms with van der Waals surface area (Å²) in [4.78, 5) is 37.7. The predicted molar refractivity (Wildman–Crippen MR) is 115 cm³/mol. The van der Waals surface area contributed by atoms with Gasteiger partial charge in [-0.25, -0.2) is 9.59 Å². The lowest BCUT2D eigenvalue weighted by molar-refractivity contribution is -0.133. The van der Waals surface area contributed by atoms with Gasteiger partial charge in [0.05, 0.1) is 6.04 Å².